The number of amides is 2. The molecule has 0 saturated carbocycles. The Hall–Kier alpha value is -2.97. The van der Waals surface area contributed by atoms with E-state index in [1.54, 1.807) is 24.4 Å². The van der Waals surface area contributed by atoms with Crippen LogP contribution in [-0.2, 0) is 13.1 Å². The first-order valence-corrected chi connectivity index (χ1v) is 8.81. The Bertz CT molecular complexity index is 769. The van der Waals surface area contributed by atoms with Gasteiger partial charge in [-0.15, -0.1) is 13.2 Å². The van der Waals surface area contributed by atoms with Crippen LogP contribution in [-0.4, -0.2) is 24.0 Å². The molecule has 0 bridgehead atoms. The van der Waals surface area contributed by atoms with Crippen LogP contribution in [0.4, 0.5) is 18.0 Å². The van der Waals surface area contributed by atoms with Crippen molar-refractivity contribution in [3.8, 4) is 11.6 Å². The molecule has 6 nitrogen and oxygen atoms in total. The standard InChI is InChI=1S/C19H22F3N3O3/c1-2-3-11-27-17-15(8-6-10-23-17)13-25-18(26)24-12-14-7-4-5-9-16(14)28-19(20,21)22/h4-10H,2-3,11-13H2,1H3,(H2,24,25,26). The minimum absolute atomic E-state index is 0.120. The molecule has 0 atom stereocenters. The number of carbonyl (C=O) groups excluding carboxylic acids is 1. The molecule has 0 radical (unpaired) electrons. The fourth-order valence-corrected chi connectivity index (χ4v) is 2.29. The van der Waals surface area contributed by atoms with Gasteiger partial charge in [0.1, 0.15) is 5.75 Å². The number of halogens is 3. The van der Waals surface area contributed by atoms with Gasteiger partial charge in [0.15, 0.2) is 0 Å². The summed E-state index contributed by atoms with van der Waals surface area (Å²) in [4.78, 5) is 16.2. The third kappa shape index (κ3) is 7.34. The van der Waals surface area contributed by atoms with Crippen LogP contribution in [0.25, 0.3) is 0 Å². The fourth-order valence-electron chi connectivity index (χ4n) is 2.29. The van der Waals surface area contributed by atoms with Crippen LogP contribution in [0.1, 0.15) is 30.9 Å². The highest BCUT2D eigenvalue weighted by Crippen LogP contribution is 2.26. The van der Waals surface area contributed by atoms with Crippen LogP contribution in [0.5, 0.6) is 11.6 Å². The number of hydrogen-bond donors (Lipinski definition) is 2. The number of nitrogens with one attached hydrogen (secondary N) is 2. The SMILES string of the molecule is CCCCOc1ncccc1CNC(=O)NCc1ccccc1OC(F)(F)F. The molecular formula is C19H22F3N3O3. The third-order valence-corrected chi connectivity index (χ3v) is 3.66. The minimum atomic E-state index is -4.80. The number of hydrogen-bond acceptors (Lipinski definition) is 4. The van der Waals surface area contributed by atoms with Crippen LogP contribution >= 0.6 is 0 Å². The number of para-hydroxylation sites is 1. The van der Waals surface area contributed by atoms with Gasteiger partial charge in [-0.05, 0) is 18.6 Å². The maximum atomic E-state index is 12.4. The topological polar surface area (TPSA) is 72.5 Å². The molecule has 2 aromatic rings. The Morgan fingerprint density at radius 3 is 2.46 bits per heavy atom. The Balaban J connectivity index is 1.88. The zero-order valence-electron chi connectivity index (χ0n) is 15.4. The van der Waals surface area contributed by atoms with E-state index in [0.717, 1.165) is 12.8 Å². The van der Waals surface area contributed by atoms with Crippen molar-refractivity contribution in [3.05, 3.63) is 53.7 Å². The zero-order valence-corrected chi connectivity index (χ0v) is 15.4. The Labute approximate surface area is 161 Å². The first-order chi connectivity index (χ1) is 13.4. The second-order valence-electron chi connectivity index (χ2n) is 5.86. The summed E-state index contributed by atoms with van der Waals surface area (Å²) in [6.07, 6.45) is -1.32. The van der Waals surface area contributed by atoms with E-state index in [2.05, 4.69) is 20.4 Å². The molecule has 0 aliphatic rings. The summed E-state index contributed by atoms with van der Waals surface area (Å²) in [6.45, 7) is 2.63. The second kappa shape index (κ2) is 10.4. The molecule has 0 aliphatic carbocycles. The van der Waals surface area contributed by atoms with E-state index < -0.39 is 12.4 Å². The quantitative estimate of drug-likeness (QED) is 0.624. The lowest BCUT2D eigenvalue weighted by molar-refractivity contribution is -0.274. The summed E-state index contributed by atoms with van der Waals surface area (Å²) in [7, 11) is 0. The van der Waals surface area contributed by atoms with Gasteiger partial charge in [0.05, 0.1) is 6.61 Å². The molecule has 2 rings (SSSR count). The molecule has 0 saturated heterocycles. The van der Waals surface area contributed by atoms with Crippen molar-refractivity contribution >= 4 is 6.03 Å². The van der Waals surface area contributed by atoms with Gasteiger partial charge >= 0.3 is 12.4 Å². The lowest BCUT2D eigenvalue weighted by atomic mass is 10.2. The number of carbonyl (C=O) groups is 1. The van der Waals surface area contributed by atoms with E-state index in [4.69, 9.17) is 4.74 Å². The maximum Gasteiger partial charge on any atom is 0.573 e. The number of unbranched alkanes of at least 4 members (excludes halogenated alkanes) is 1. The minimum Gasteiger partial charge on any atom is -0.477 e. The molecule has 0 fully saturated rings. The lowest BCUT2D eigenvalue weighted by Crippen LogP contribution is -2.35. The summed E-state index contributed by atoms with van der Waals surface area (Å²) >= 11 is 0. The van der Waals surface area contributed by atoms with Crippen LogP contribution in [0, 0.1) is 0 Å². The number of alkyl halides is 3. The number of rotatable bonds is 9. The Morgan fingerprint density at radius 2 is 1.75 bits per heavy atom. The molecule has 9 heteroatoms. The maximum absolute atomic E-state index is 12.4. The van der Waals surface area contributed by atoms with E-state index >= 15 is 0 Å². The molecule has 2 amide bonds. The van der Waals surface area contributed by atoms with E-state index in [9.17, 15) is 18.0 Å². The van der Waals surface area contributed by atoms with Crippen molar-refractivity contribution in [3.63, 3.8) is 0 Å². The molecule has 0 spiro atoms. The molecule has 0 aliphatic heterocycles. The highest BCUT2D eigenvalue weighted by Gasteiger charge is 2.31. The molecule has 1 aromatic heterocycles. The number of urea groups is 1. The Morgan fingerprint density at radius 1 is 1.07 bits per heavy atom. The molecule has 2 N–H and O–H groups in total. The van der Waals surface area contributed by atoms with Gasteiger partial charge in [0.2, 0.25) is 5.88 Å². The van der Waals surface area contributed by atoms with Crippen LogP contribution < -0.4 is 20.1 Å². The zero-order chi connectivity index (χ0) is 20.4. The molecular weight excluding hydrogens is 375 g/mol. The first kappa shape index (κ1) is 21.3. The van der Waals surface area contributed by atoms with E-state index in [1.807, 2.05) is 6.92 Å². The molecule has 1 aromatic carbocycles. The Kier molecular flexibility index (Phi) is 7.91. The predicted molar refractivity (Wildman–Crippen MR) is 96.8 cm³/mol. The molecule has 1 heterocycles. The summed E-state index contributed by atoms with van der Waals surface area (Å²) in [5.74, 6) is 0.0920. The number of nitrogens with zero attached hydrogens (tertiary/aromatic N) is 1. The van der Waals surface area contributed by atoms with Crippen molar-refractivity contribution in [1.29, 1.82) is 0 Å². The highest BCUT2D eigenvalue weighted by molar-refractivity contribution is 5.74. The van der Waals surface area contributed by atoms with Gasteiger partial charge in [-0.3, -0.25) is 0 Å². The summed E-state index contributed by atoms with van der Waals surface area (Å²) in [5, 5.41) is 5.14. The summed E-state index contributed by atoms with van der Waals surface area (Å²) < 4.78 is 46.9. The number of ether oxygens (including phenoxy) is 2. The number of benzene rings is 1. The average molecular weight is 397 g/mol. The van der Waals surface area contributed by atoms with Gasteiger partial charge in [-0.25, -0.2) is 9.78 Å². The van der Waals surface area contributed by atoms with Crippen LogP contribution in [0.2, 0.25) is 0 Å². The van der Waals surface area contributed by atoms with E-state index in [-0.39, 0.29) is 24.4 Å². The average Bonchev–Trinajstić information content (AvgIpc) is 2.65. The largest absolute Gasteiger partial charge is 0.573 e. The molecule has 0 unspecified atom stereocenters. The van der Waals surface area contributed by atoms with Crippen molar-refractivity contribution in [1.82, 2.24) is 15.6 Å². The van der Waals surface area contributed by atoms with Gasteiger partial charge in [-0.1, -0.05) is 37.6 Å². The van der Waals surface area contributed by atoms with E-state index in [1.165, 1.54) is 18.2 Å². The van der Waals surface area contributed by atoms with Gasteiger partial charge in [0, 0.05) is 30.4 Å². The van der Waals surface area contributed by atoms with Crippen LogP contribution in [0.3, 0.4) is 0 Å². The summed E-state index contributed by atoms with van der Waals surface area (Å²) in [5.41, 5.74) is 0.912. The lowest BCUT2D eigenvalue weighted by Gasteiger charge is -2.14. The predicted octanol–water partition coefficient (Wildman–Crippen LogP) is 4.16. The third-order valence-electron chi connectivity index (χ3n) is 3.66. The van der Waals surface area contributed by atoms with Gasteiger partial charge in [-0.2, -0.15) is 0 Å². The fraction of sp³-hybridized carbons (Fsp3) is 0.368. The van der Waals surface area contributed by atoms with Crippen molar-refractivity contribution < 1.29 is 27.4 Å². The number of aromatic nitrogens is 1. The normalized spacial score (nSPS) is 11.0. The smallest absolute Gasteiger partial charge is 0.477 e. The molecule has 28 heavy (non-hydrogen) atoms. The van der Waals surface area contributed by atoms with Crippen LogP contribution in [0.15, 0.2) is 42.6 Å². The monoisotopic (exact) mass is 397 g/mol. The summed E-state index contributed by atoms with van der Waals surface area (Å²) in [6, 6.07) is 8.60. The van der Waals surface area contributed by atoms with Crippen molar-refractivity contribution in [2.45, 2.75) is 39.2 Å². The van der Waals surface area contributed by atoms with Crippen molar-refractivity contribution in [2.24, 2.45) is 0 Å². The molecule has 152 valence electrons. The van der Waals surface area contributed by atoms with Gasteiger partial charge < -0.3 is 20.1 Å². The highest BCUT2D eigenvalue weighted by atomic mass is 19.4. The second-order valence-corrected chi connectivity index (χ2v) is 5.86. The van der Waals surface area contributed by atoms with Crippen molar-refractivity contribution in [2.75, 3.05) is 6.61 Å². The number of pyridine rings is 1. The van der Waals surface area contributed by atoms with Gasteiger partial charge in [0.25, 0.3) is 0 Å². The van der Waals surface area contributed by atoms with E-state index in [0.29, 0.717) is 18.1 Å². The first-order valence-electron chi connectivity index (χ1n) is 8.81.